The topological polar surface area (TPSA) is 41.4 Å². The summed E-state index contributed by atoms with van der Waals surface area (Å²) in [6.45, 7) is 11.0. The third kappa shape index (κ3) is 3.58. The van der Waals surface area contributed by atoms with Crippen LogP contribution in [0.25, 0.3) is 0 Å². The Labute approximate surface area is 180 Å². The molecule has 5 heteroatoms. The molecule has 5 rings (SSSR count). The lowest BCUT2D eigenvalue weighted by molar-refractivity contribution is -0.136. The van der Waals surface area contributed by atoms with Gasteiger partial charge in [-0.15, -0.1) is 0 Å². The molecule has 5 nitrogen and oxygen atoms in total. The Hall–Kier alpha value is -2.14. The van der Waals surface area contributed by atoms with Crippen molar-refractivity contribution < 1.29 is 4.79 Å². The molecule has 2 aliphatic heterocycles. The standard InChI is InChI=1S/C25H34N4O/c1-18(2)29-15-23(26-17-29)22-14-27(12-21-6-4-5-19(3)11-21)16-25(22)9-10-28(24(25)30)13-20-7-8-20/h4-6,11,15,17-18,20,22H,7-10,12-14,16H2,1-3H3/t22-,25-/m0/s1. The average molecular weight is 407 g/mol. The second-order valence-corrected chi connectivity index (χ2v) is 10.2. The second kappa shape index (κ2) is 7.52. The minimum atomic E-state index is -0.311. The molecule has 0 unspecified atom stereocenters. The minimum Gasteiger partial charge on any atom is -0.342 e. The van der Waals surface area contributed by atoms with Crippen molar-refractivity contribution in [3.63, 3.8) is 0 Å². The lowest BCUT2D eigenvalue weighted by Crippen LogP contribution is -2.40. The number of hydrogen-bond acceptors (Lipinski definition) is 3. The van der Waals surface area contributed by atoms with Crippen LogP contribution in [0.5, 0.6) is 0 Å². The van der Waals surface area contributed by atoms with Crippen LogP contribution in [0, 0.1) is 18.3 Å². The van der Waals surface area contributed by atoms with Crippen LogP contribution in [0.3, 0.4) is 0 Å². The van der Waals surface area contributed by atoms with Gasteiger partial charge < -0.3 is 9.47 Å². The van der Waals surface area contributed by atoms with E-state index in [0.29, 0.717) is 11.9 Å². The first-order chi connectivity index (χ1) is 14.4. The van der Waals surface area contributed by atoms with Gasteiger partial charge in [0.05, 0.1) is 17.4 Å². The van der Waals surface area contributed by atoms with E-state index >= 15 is 0 Å². The molecule has 3 aliphatic rings. The summed E-state index contributed by atoms with van der Waals surface area (Å²) in [6, 6.07) is 9.14. The third-order valence-electron chi connectivity index (χ3n) is 7.39. The number of nitrogens with zero attached hydrogens (tertiary/aromatic N) is 4. The maximum Gasteiger partial charge on any atom is 0.230 e. The van der Waals surface area contributed by atoms with Gasteiger partial charge in [0.2, 0.25) is 5.91 Å². The van der Waals surface area contributed by atoms with Crippen LogP contribution in [0.4, 0.5) is 0 Å². The number of amides is 1. The molecule has 0 bridgehead atoms. The summed E-state index contributed by atoms with van der Waals surface area (Å²) in [4.78, 5) is 23.2. The fourth-order valence-electron chi connectivity index (χ4n) is 5.50. The largest absolute Gasteiger partial charge is 0.342 e. The summed E-state index contributed by atoms with van der Waals surface area (Å²) < 4.78 is 2.17. The zero-order valence-corrected chi connectivity index (χ0v) is 18.6. The van der Waals surface area contributed by atoms with E-state index in [0.717, 1.165) is 50.8 Å². The number of aromatic nitrogens is 2. The van der Waals surface area contributed by atoms with E-state index in [2.05, 4.69) is 65.6 Å². The van der Waals surface area contributed by atoms with Crippen LogP contribution in [-0.2, 0) is 11.3 Å². The molecule has 1 aromatic carbocycles. The van der Waals surface area contributed by atoms with Gasteiger partial charge >= 0.3 is 0 Å². The number of likely N-dealkylation sites (tertiary alicyclic amines) is 2. The summed E-state index contributed by atoms with van der Waals surface area (Å²) in [7, 11) is 0. The highest BCUT2D eigenvalue weighted by atomic mass is 16.2. The molecular weight excluding hydrogens is 372 g/mol. The van der Waals surface area contributed by atoms with Crippen molar-refractivity contribution in [1.82, 2.24) is 19.4 Å². The number of benzene rings is 1. The maximum absolute atomic E-state index is 13.7. The zero-order chi connectivity index (χ0) is 20.9. The summed E-state index contributed by atoms with van der Waals surface area (Å²) >= 11 is 0. The molecule has 0 N–H and O–H groups in total. The normalized spacial score (nSPS) is 27.1. The minimum absolute atomic E-state index is 0.180. The molecule has 1 saturated carbocycles. The fraction of sp³-hybridized carbons (Fsp3) is 0.600. The molecule has 30 heavy (non-hydrogen) atoms. The molecule has 1 aromatic heterocycles. The molecule has 2 saturated heterocycles. The quantitative estimate of drug-likeness (QED) is 0.728. The number of rotatable bonds is 6. The van der Waals surface area contributed by atoms with Crippen molar-refractivity contribution in [2.75, 3.05) is 26.2 Å². The smallest absolute Gasteiger partial charge is 0.230 e. The predicted octanol–water partition coefficient (Wildman–Crippen LogP) is 4.00. The first-order valence-corrected chi connectivity index (χ1v) is 11.6. The molecule has 1 amide bonds. The molecule has 160 valence electrons. The van der Waals surface area contributed by atoms with E-state index in [9.17, 15) is 4.79 Å². The van der Waals surface area contributed by atoms with Gasteiger partial charge in [-0.2, -0.15) is 0 Å². The van der Waals surface area contributed by atoms with Crippen molar-refractivity contribution >= 4 is 5.91 Å². The van der Waals surface area contributed by atoms with Crippen molar-refractivity contribution in [2.24, 2.45) is 11.3 Å². The molecular formula is C25H34N4O. The molecule has 2 atom stereocenters. The van der Waals surface area contributed by atoms with Crippen LogP contribution in [0.1, 0.15) is 61.9 Å². The lowest BCUT2D eigenvalue weighted by atomic mass is 9.75. The molecule has 1 aliphatic carbocycles. The summed E-state index contributed by atoms with van der Waals surface area (Å²) in [6.07, 6.45) is 7.67. The highest BCUT2D eigenvalue weighted by molar-refractivity contribution is 5.87. The van der Waals surface area contributed by atoms with E-state index < -0.39 is 0 Å². The number of imidazole rings is 1. The van der Waals surface area contributed by atoms with Gasteiger partial charge in [0.1, 0.15) is 0 Å². The van der Waals surface area contributed by atoms with Gasteiger partial charge in [-0.3, -0.25) is 9.69 Å². The molecule has 3 fully saturated rings. The SMILES string of the molecule is Cc1cccc(CN2C[C@@H](c3cn(C(C)C)cn3)[C@]3(CCN(CC4CC4)C3=O)C2)c1. The van der Waals surface area contributed by atoms with Crippen LogP contribution < -0.4 is 0 Å². The number of aryl methyl sites for hydroxylation is 1. The Bertz CT molecular complexity index is 931. The number of hydrogen-bond donors (Lipinski definition) is 0. The molecule has 2 aromatic rings. The van der Waals surface area contributed by atoms with E-state index in [-0.39, 0.29) is 11.3 Å². The van der Waals surface area contributed by atoms with Crippen LogP contribution in [0.2, 0.25) is 0 Å². The Morgan fingerprint density at radius 1 is 1.27 bits per heavy atom. The highest BCUT2D eigenvalue weighted by Gasteiger charge is 2.58. The Kier molecular flexibility index (Phi) is 4.97. The second-order valence-electron chi connectivity index (χ2n) is 10.2. The maximum atomic E-state index is 13.7. The third-order valence-corrected chi connectivity index (χ3v) is 7.39. The average Bonchev–Trinajstić information content (AvgIpc) is 3.13. The van der Waals surface area contributed by atoms with Gasteiger partial charge in [-0.05, 0) is 51.5 Å². The van der Waals surface area contributed by atoms with Crippen molar-refractivity contribution in [3.05, 3.63) is 53.6 Å². The zero-order valence-electron chi connectivity index (χ0n) is 18.6. The highest BCUT2D eigenvalue weighted by Crippen LogP contribution is 2.50. The van der Waals surface area contributed by atoms with Gasteiger partial charge in [-0.25, -0.2) is 4.98 Å². The predicted molar refractivity (Wildman–Crippen MR) is 118 cm³/mol. The molecule has 0 radical (unpaired) electrons. The number of carbonyl (C=O) groups excluding carboxylic acids is 1. The lowest BCUT2D eigenvalue weighted by Gasteiger charge is -2.28. The van der Waals surface area contributed by atoms with Crippen LogP contribution in [-0.4, -0.2) is 51.4 Å². The fourth-order valence-corrected chi connectivity index (χ4v) is 5.50. The summed E-state index contributed by atoms with van der Waals surface area (Å²) in [5.74, 6) is 1.30. The Balaban J connectivity index is 1.43. The van der Waals surface area contributed by atoms with E-state index in [1.54, 1.807) is 0 Å². The van der Waals surface area contributed by atoms with Gasteiger partial charge in [0.15, 0.2) is 0 Å². The summed E-state index contributed by atoms with van der Waals surface area (Å²) in [5, 5.41) is 0. The number of carbonyl (C=O) groups is 1. The molecule has 3 heterocycles. The Morgan fingerprint density at radius 2 is 2.10 bits per heavy atom. The van der Waals surface area contributed by atoms with E-state index in [1.165, 1.54) is 24.0 Å². The van der Waals surface area contributed by atoms with Crippen molar-refractivity contribution in [2.45, 2.75) is 58.5 Å². The summed E-state index contributed by atoms with van der Waals surface area (Å²) in [5.41, 5.74) is 3.41. The van der Waals surface area contributed by atoms with Gasteiger partial charge in [0.25, 0.3) is 0 Å². The van der Waals surface area contributed by atoms with E-state index in [1.807, 2.05) is 6.33 Å². The first kappa shape index (κ1) is 19.8. The van der Waals surface area contributed by atoms with Gasteiger partial charge in [-0.1, -0.05) is 29.8 Å². The van der Waals surface area contributed by atoms with Crippen molar-refractivity contribution in [1.29, 1.82) is 0 Å². The van der Waals surface area contributed by atoms with Gasteiger partial charge in [0, 0.05) is 50.9 Å². The monoisotopic (exact) mass is 406 g/mol. The molecule has 1 spiro atoms. The Morgan fingerprint density at radius 3 is 2.80 bits per heavy atom. The van der Waals surface area contributed by atoms with E-state index in [4.69, 9.17) is 4.98 Å². The first-order valence-electron chi connectivity index (χ1n) is 11.6. The van der Waals surface area contributed by atoms with Crippen LogP contribution in [0.15, 0.2) is 36.8 Å². The van der Waals surface area contributed by atoms with Crippen molar-refractivity contribution in [3.8, 4) is 0 Å². The van der Waals surface area contributed by atoms with Crippen LogP contribution >= 0.6 is 0 Å².